The highest BCUT2D eigenvalue weighted by Gasteiger charge is 2.21. The largest absolute Gasteiger partial charge is 0.374 e. The number of hydrogen-bond acceptors (Lipinski definition) is 3. The molecule has 1 aliphatic rings. The molecule has 3 nitrogen and oxygen atoms in total. The minimum Gasteiger partial charge on any atom is -0.374 e. The fraction of sp³-hybridized carbons (Fsp3) is 0.600. The highest BCUT2D eigenvalue weighted by Crippen LogP contribution is 2.23. The number of benzene rings is 1. The molecule has 2 rings (SSSR count). The Balaban J connectivity index is 2.01. The number of hydrogen-bond donors (Lipinski definition) is 1. The second kappa shape index (κ2) is 6.21. The van der Waals surface area contributed by atoms with Gasteiger partial charge in [0.15, 0.2) is 0 Å². The van der Waals surface area contributed by atoms with Crippen molar-refractivity contribution in [2.45, 2.75) is 12.8 Å². The molecule has 18 heavy (non-hydrogen) atoms. The van der Waals surface area contributed by atoms with Gasteiger partial charge in [0, 0.05) is 25.8 Å². The van der Waals surface area contributed by atoms with Crippen LogP contribution in [0.5, 0.6) is 0 Å². The molecule has 3 heteroatoms. The number of likely N-dealkylation sites (tertiary alicyclic amines) is 1. The summed E-state index contributed by atoms with van der Waals surface area (Å²) in [5.74, 6) is 0.797. The van der Waals surface area contributed by atoms with E-state index in [0.717, 1.165) is 25.4 Å². The molecule has 0 aromatic heterocycles. The van der Waals surface area contributed by atoms with Crippen molar-refractivity contribution in [3.05, 3.63) is 29.8 Å². The maximum Gasteiger partial charge on any atom is 0.0396 e. The molecule has 100 valence electrons. The van der Waals surface area contributed by atoms with Crippen LogP contribution in [0.1, 0.15) is 12.0 Å². The van der Waals surface area contributed by atoms with E-state index in [9.17, 15) is 0 Å². The SMILES string of the molecule is CN1CCC(CN(C)c2ccccc2CCN)C1. The summed E-state index contributed by atoms with van der Waals surface area (Å²) in [5.41, 5.74) is 8.40. The fourth-order valence-corrected chi connectivity index (χ4v) is 2.91. The predicted molar refractivity (Wildman–Crippen MR) is 78.1 cm³/mol. The highest BCUT2D eigenvalue weighted by molar-refractivity contribution is 5.53. The van der Waals surface area contributed by atoms with Gasteiger partial charge in [0.2, 0.25) is 0 Å². The van der Waals surface area contributed by atoms with Gasteiger partial charge in [-0.2, -0.15) is 0 Å². The summed E-state index contributed by atoms with van der Waals surface area (Å²) in [4.78, 5) is 4.82. The van der Waals surface area contributed by atoms with Crippen LogP contribution in [-0.4, -0.2) is 45.2 Å². The van der Waals surface area contributed by atoms with E-state index >= 15 is 0 Å². The molecular formula is C15H25N3. The first-order chi connectivity index (χ1) is 8.70. The standard InChI is InChI=1S/C15H25N3/c1-17-10-8-13(11-17)12-18(2)15-6-4-3-5-14(15)7-9-16/h3-6,13H,7-12,16H2,1-2H3. The maximum absolute atomic E-state index is 5.69. The van der Waals surface area contributed by atoms with Gasteiger partial charge < -0.3 is 15.5 Å². The quantitative estimate of drug-likeness (QED) is 0.857. The van der Waals surface area contributed by atoms with Crippen molar-refractivity contribution in [2.75, 3.05) is 45.2 Å². The number of nitrogens with zero attached hydrogens (tertiary/aromatic N) is 2. The summed E-state index contributed by atoms with van der Waals surface area (Å²) < 4.78 is 0. The van der Waals surface area contributed by atoms with Crippen LogP contribution in [0.4, 0.5) is 5.69 Å². The Hall–Kier alpha value is -1.06. The fourth-order valence-electron chi connectivity index (χ4n) is 2.91. The van der Waals surface area contributed by atoms with E-state index in [1.165, 1.54) is 30.8 Å². The van der Waals surface area contributed by atoms with Gasteiger partial charge >= 0.3 is 0 Å². The average molecular weight is 247 g/mol. The Morgan fingerprint density at radius 2 is 2.17 bits per heavy atom. The molecule has 0 aliphatic carbocycles. The highest BCUT2D eigenvalue weighted by atomic mass is 15.2. The third kappa shape index (κ3) is 3.24. The number of anilines is 1. The van der Waals surface area contributed by atoms with E-state index in [-0.39, 0.29) is 0 Å². The smallest absolute Gasteiger partial charge is 0.0396 e. The Bertz CT molecular complexity index is 378. The Kier molecular flexibility index (Phi) is 4.61. The van der Waals surface area contributed by atoms with E-state index in [1.807, 2.05) is 0 Å². The minimum absolute atomic E-state index is 0.719. The van der Waals surface area contributed by atoms with E-state index in [4.69, 9.17) is 5.73 Å². The van der Waals surface area contributed by atoms with Gasteiger partial charge in [0.1, 0.15) is 0 Å². The summed E-state index contributed by atoms with van der Waals surface area (Å²) in [6, 6.07) is 8.63. The van der Waals surface area contributed by atoms with Crippen LogP contribution in [0.2, 0.25) is 0 Å². The lowest BCUT2D eigenvalue weighted by atomic mass is 10.1. The lowest BCUT2D eigenvalue weighted by Gasteiger charge is -2.25. The molecule has 1 atom stereocenters. The van der Waals surface area contributed by atoms with Crippen LogP contribution in [-0.2, 0) is 6.42 Å². The molecule has 1 aromatic carbocycles. The molecule has 1 aromatic rings. The van der Waals surface area contributed by atoms with Crippen molar-refractivity contribution in [1.82, 2.24) is 4.90 Å². The molecular weight excluding hydrogens is 222 g/mol. The topological polar surface area (TPSA) is 32.5 Å². The van der Waals surface area contributed by atoms with Crippen molar-refractivity contribution < 1.29 is 0 Å². The number of para-hydroxylation sites is 1. The molecule has 1 fully saturated rings. The first kappa shape index (κ1) is 13.4. The molecule has 2 N–H and O–H groups in total. The first-order valence-electron chi connectivity index (χ1n) is 6.88. The van der Waals surface area contributed by atoms with Gasteiger partial charge in [-0.15, -0.1) is 0 Å². The predicted octanol–water partition coefficient (Wildman–Crippen LogP) is 1.58. The molecule has 1 aliphatic heterocycles. The zero-order valence-electron chi connectivity index (χ0n) is 11.6. The summed E-state index contributed by atoms with van der Waals surface area (Å²) in [5, 5.41) is 0. The van der Waals surface area contributed by atoms with Crippen LogP contribution >= 0.6 is 0 Å². The third-order valence-corrected chi connectivity index (χ3v) is 3.84. The second-order valence-corrected chi connectivity index (χ2v) is 5.46. The minimum atomic E-state index is 0.719. The van der Waals surface area contributed by atoms with Crippen molar-refractivity contribution >= 4 is 5.69 Å². The zero-order chi connectivity index (χ0) is 13.0. The summed E-state index contributed by atoms with van der Waals surface area (Å²) in [6.45, 7) is 4.33. The number of rotatable bonds is 5. The third-order valence-electron chi connectivity index (χ3n) is 3.84. The molecule has 1 saturated heterocycles. The van der Waals surface area contributed by atoms with E-state index in [2.05, 4.69) is 48.2 Å². The molecule has 0 amide bonds. The Morgan fingerprint density at radius 3 is 2.83 bits per heavy atom. The van der Waals surface area contributed by atoms with Gasteiger partial charge in [-0.3, -0.25) is 0 Å². The van der Waals surface area contributed by atoms with Gasteiger partial charge in [-0.1, -0.05) is 18.2 Å². The molecule has 1 heterocycles. The average Bonchev–Trinajstić information content (AvgIpc) is 2.76. The monoisotopic (exact) mass is 247 g/mol. The van der Waals surface area contributed by atoms with Crippen molar-refractivity contribution in [3.63, 3.8) is 0 Å². The molecule has 0 saturated carbocycles. The Morgan fingerprint density at radius 1 is 1.39 bits per heavy atom. The van der Waals surface area contributed by atoms with Crippen LogP contribution in [0.25, 0.3) is 0 Å². The van der Waals surface area contributed by atoms with Gasteiger partial charge in [0.25, 0.3) is 0 Å². The summed E-state index contributed by atoms with van der Waals surface area (Å²) in [7, 11) is 4.41. The number of nitrogens with two attached hydrogens (primary N) is 1. The molecule has 0 spiro atoms. The summed E-state index contributed by atoms with van der Waals surface area (Å²) >= 11 is 0. The van der Waals surface area contributed by atoms with Crippen molar-refractivity contribution in [3.8, 4) is 0 Å². The summed E-state index contributed by atoms with van der Waals surface area (Å²) in [6.07, 6.45) is 2.28. The normalized spacial score (nSPS) is 20.3. The van der Waals surface area contributed by atoms with Crippen LogP contribution in [0.15, 0.2) is 24.3 Å². The van der Waals surface area contributed by atoms with Crippen LogP contribution in [0.3, 0.4) is 0 Å². The van der Waals surface area contributed by atoms with Crippen molar-refractivity contribution in [2.24, 2.45) is 11.7 Å². The van der Waals surface area contributed by atoms with Gasteiger partial charge in [-0.05, 0) is 50.5 Å². The lowest BCUT2D eigenvalue weighted by molar-refractivity contribution is 0.396. The maximum atomic E-state index is 5.69. The Labute approximate surface area is 111 Å². The first-order valence-corrected chi connectivity index (χ1v) is 6.88. The van der Waals surface area contributed by atoms with Crippen molar-refractivity contribution in [1.29, 1.82) is 0 Å². The van der Waals surface area contributed by atoms with Crippen LogP contribution < -0.4 is 10.6 Å². The van der Waals surface area contributed by atoms with Gasteiger partial charge in [-0.25, -0.2) is 0 Å². The van der Waals surface area contributed by atoms with E-state index < -0.39 is 0 Å². The second-order valence-electron chi connectivity index (χ2n) is 5.46. The lowest BCUT2D eigenvalue weighted by Crippen LogP contribution is -2.28. The molecule has 0 bridgehead atoms. The molecule has 1 unspecified atom stereocenters. The van der Waals surface area contributed by atoms with Gasteiger partial charge in [0.05, 0.1) is 0 Å². The van der Waals surface area contributed by atoms with E-state index in [1.54, 1.807) is 0 Å². The zero-order valence-corrected chi connectivity index (χ0v) is 11.6. The van der Waals surface area contributed by atoms with Crippen LogP contribution in [0, 0.1) is 5.92 Å². The van der Waals surface area contributed by atoms with E-state index in [0.29, 0.717) is 0 Å². The molecule has 0 radical (unpaired) electrons.